The van der Waals surface area contributed by atoms with Crippen molar-refractivity contribution < 1.29 is 0 Å². The molecule has 1 fully saturated rings. The third-order valence-corrected chi connectivity index (χ3v) is 2.84. The Hall–Kier alpha value is -1.49. The second kappa shape index (κ2) is 3.58. The van der Waals surface area contributed by atoms with Crippen molar-refractivity contribution in [1.29, 1.82) is 0 Å². The van der Waals surface area contributed by atoms with Gasteiger partial charge >= 0.3 is 0 Å². The van der Waals surface area contributed by atoms with Crippen molar-refractivity contribution in [3.63, 3.8) is 0 Å². The fourth-order valence-corrected chi connectivity index (χ4v) is 2.02. The summed E-state index contributed by atoms with van der Waals surface area (Å²) < 4.78 is 0. The van der Waals surface area contributed by atoms with Crippen molar-refractivity contribution in [3.05, 3.63) is 18.3 Å². The largest absolute Gasteiger partial charge is 0.326 e. The van der Waals surface area contributed by atoms with Crippen LogP contribution < -0.4 is 5.32 Å². The van der Waals surface area contributed by atoms with Crippen LogP contribution in [0.15, 0.2) is 6.33 Å². The molecule has 0 saturated carbocycles. The number of hydrogen-bond donors (Lipinski definition) is 2. The van der Waals surface area contributed by atoms with Crippen molar-refractivity contribution in [2.45, 2.75) is 18.8 Å². The van der Waals surface area contributed by atoms with E-state index in [0.717, 1.165) is 42.9 Å². The molecule has 0 amide bonds. The van der Waals surface area contributed by atoms with E-state index in [1.807, 2.05) is 0 Å². The minimum Gasteiger partial charge on any atom is -0.326 e. The molecule has 3 heterocycles. The molecule has 1 radical (unpaired) electrons. The van der Waals surface area contributed by atoms with Gasteiger partial charge < -0.3 is 10.3 Å². The molecule has 1 saturated heterocycles. The van der Waals surface area contributed by atoms with Gasteiger partial charge in [-0.1, -0.05) is 0 Å². The number of H-pyrrole nitrogens is 1. The summed E-state index contributed by atoms with van der Waals surface area (Å²) in [5.41, 5.74) is 1.53. The Kier molecular flexibility index (Phi) is 2.10. The van der Waals surface area contributed by atoms with Crippen LogP contribution in [0.25, 0.3) is 11.2 Å². The number of piperidine rings is 1. The fourth-order valence-electron chi connectivity index (χ4n) is 2.02. The monoisotopic (exact) mass is 202 g/mol. The van der Waals surface area contributed by atoms with E-state index in [0.29, 0.717) is 5.92 Å². The Morgan fingerprint density at radius 1 is 1.33 bits per heavy atom. The van der Waals surface area contributed by atoms with Gasteiger partial charge in [-0.3, -0.25) is 0 Å². The summed E-state index contributed by atoms with van der Waals surface area (Å²) in [6.45, 7) is 2.13. The van der Waals surface area contributed by atoms with Crippen LogP contribution in [-0.4, -0.2) is 33.0 Å². The fraction of sp³-hybridized carbons (Fsp3) is 0.500. The Bertz CT molecular complexity index is 425. The van der Waals surface area contributed by atoms with E-state index < -0.39 is 0 Å². The number of fused-ring (bicyclic) bond motifs is 1. The molecule has 5 heteroatoms. The van der Waals surface area contributed by atoms with Gasteiger partial charge in [-0.15, -0.1) is 0 Å². The minimum absolute atomic E-state index is 0.522. The lowest BCUT2D eigenvalue weighted by Crippen LogP contribution is -2.27. The predicted octanol–water partition coefficient (Wildman–Crippen LogP) is 0.620. The van der Waals surface area contributed by atoms with Crippen LogP contribution in [0.4, 0.5) is 0 Å². The molecular weight excluding hydrogens is 190 g/mol. The molecule has 2 N–H and O–H groups in total. The highest BCUT2D eigenvalue weighted by Crippen LogP contribution is 2.23. The standard InChI is InChI=1S/C10H12N5/c1-3-11-4-2-7(1)9-14-8-5-12-6-13-10(8)15-9/h6-7,11H,1-4H2,(H,12,13,14,15). The van der Waals surface area contributed by atoms with Gasteiger partial charge in [0.25, 0.3) is 0 Å². The first kappa shape index (κ1) is 8.79. The molecule has 0 bridgehead atoms. The number of aromatic nitrogens is 4. The second-order valence-electron chi connectivity index (χ2n) is 3.83. The van der Waals surface area contributed by atoms with Crippen LogP contribution in [0, 0.1) is 6.20 Å². The van der Waals surface area contributed by atoms with Gasteiger partial charge in [0, 0.05) is 5.92 Å². The first-order chi connectivity index (χ1) is 7.43. The van der Waals surface area contributed by atoms with Gasteiger partial charge in [-0.2, -0.15) is 0 Å². The molecule has 0 spiro atoms. The van der Waals surface area contributed by atoms with E-state index in [2.05, 4.69) is 31.4 Å². The SMILES string of the molecule is [c]1ncnc2[nH]c(C3CCNCC3)nc12. The van der Waals surface area contributed by atoms with Crippen molar-refractivity contribution in [2.24, 2.45) is 0 Å². The molecule has 0 unspecified atom stereocenters. The van der Waals surface area contributed by atoms with Crippen LogP contribution in [-0.2, 0) is 0 Å². The summed E-state index contributed by atoms with van der Waals surface area (Å²) in [5, 5.41) is 3.34. The molecule has 0 aliphatic carbocycles. The first-order valence-electron chi connectivity index (χ1n) is 5.22. The average molecular weight is 202 g/mol. The minimum atomic E-state index is 0.522. The van der Waals surface area contributed by atoms with E-state index in [9.17, 15) is 0 Å². The van der Waals surface area contributed by atoms with Gasteiger partial charge in [-0.25, -0.2) is 15.0 Å². The number of rotatable bonds is 1. The van der Waals surface area contributed by atoms with Crippen LogP contribution in [0.1, 0.15) is 24.6 Å². The summed E-state index contributed by atoms with van der Waals surface area (Å²) in [6, 6.07) is 0. The Balaban J connectivity index is 1.96. The molecule has 1 aliphatic heterocycles. The van der Waals surface area contributed by atoms with Crippen LogP contribution in [0.2, 0.25) is 0 Å². The maximum absolute atomic E-state index is 4.47. The summed E-state index contributed by atoms with van der Waals surface area (Å²) in [5.74, 6) is 1.55. The molecule has 15 heavy (non-hydrogen) atoms. The zero-order valence-corrected chi connectivity index (χ0v) is 8.32. The topological polar surface area (TPSA) is 66.5 Å². The van der Waals surface area contributed by atoms with E-state index in [1.54, 1.807) is 0 Å². The van der Waals surface area contributed by atoms with Gasteiger partial charge in [0.05, 0.1) is 0 Å². The van der Waals surface area contributed by atoms with Crippen LogP contribution >= 0.6 is 0 Å². The number of hydrogen-bond acceptors (Lipinski definition) is 4. The van der Waals surface area contributed by atoms with Gasteiger partial charge in [0.15, 0.2) is 5.65 Å². The lowest BCUT2D eigenvalue weighted by atomic mass is 9.98. The molecular formula is C10H12N5. The lowest BCUT2D eigenvalue weighted by Gasteiger charge is -2.20. The first-order valence-corrected chi connectivity index (χ1v) is 5.22. The van der Waals surface area contributed by atoms with E-state index in [-0.39, 0.29) is 0 Å². The van der Waals surface area contributed by atoms with Crippen LogP contribution in [0.3, 0.4) is 0 Å². The normalized spacial score (nSPS) is 18.4. The molecule has 77 valence electrons. The third-order valence-electron chi connectivity index (χ3n) is 2.84. The number of aromatic amines is 1. The summed E-state index contributed by atoms with van der Waals surface area (Å²) in [7, 11) is 0. The van der Waals surface area contributed by atoms with Crippen molar-refractivity contribution in [1.82, 2.24) is 25.3 Å². The van der Waals surface area contributed by atoms with Gasteiger partial charge in [0.1, 0.15) is 23.9 Å². The number of nitrogens with zero attached hydrogens (tertiary/aromatic N) is 3. The third kappa shape index (κ3) is 1.59. The zero-order chi connectivity index (χ0) is 10.1. The smallest absolute Gasteiger partial charge is 0.161 e. The molecule has 0 atom stereocenters. The second-order valence-corrected chi connectivity index (χ2v) is 3.83. The molecule has 3 rings (SSSR count). The Morgan fingerprint density at radius 3 is 3.00 bits per heavy atom. The van der Waals surface area contributed by atoms with Crippen molar-refractivity contribution >= 4 is 11.2 Å². The van der Waals surface area contributed by atoms with E-state index in [1.165, 1.54) is 6.33 Å². The Morgan fingerprint density at radius 2 is 2.20 bits per heavy atom. The molecule has 1 aliphatic rings. The number of nitrogens with one attached hydrogen (secondary N) is 2. The maximum atomic E-state index is 4.47. The molecule has 0 aromatic carbocycles. The molecule has 2 aromatic rings. The highest BCUT2D eigenvalue weighted by atomic mass is 15.0. The lowest BCUT2D eigenvalue weighted by molar-refractivity contribution is 0.448. The summed E-state index contributed by atoms with van der Waals surface area (Å²) in [6.07, 6.45) is 6.60. The highest BCUT2D eigenvalue weighted by Gasteiger charge is 2.18. The van der Waals surface area contributed by atoms with Crippen molar-refractivity contribution in [3.8, 4) is 0 Å². The van der Waals surface area contributed by atoms with E-state index >= 15 is 0 Å². The zero-order valence-electron chi connectivity index (χ0n) is 8.32. The summed E-state index contributed by atoms with van der Waals surface area (Å²) in [4.78, 5) is 15.7. The van der Waals surface area contributed by atoms with E-state index in [4.69, 9.17) is 0 Å². The summed E-state index contributed by atoms with van der Waals surface area (Å²) >= 11 is 0. The highest BCUT2D eigenvalue weighted by molar-refractivity contribution is 5.68. The Labute approximate surface area is 87.3 Å². The maximum Gasteiger partial charge on any atom is 0.161 e. The quantitative estimate of drug-likeness (QED) is 0.711. The van der Waals surface area contributed by atoms with Gasteiger partial charge in [0.2, 0.25) is 0 Å². The number of imidazole rings is 1. The van der Waals surface area contributed by atoms with Crippen molar-refractivity contribution in [2.75, 3.05) is 13.1 Å². The van der Waals surface area contributed by atoms with Gasteiger partial charge in [-0.05, 0) is 25.9 Å². The van der Waals surface area contributed by atoms with Crippen LogP contribution in [0.5, 0.6) is 0 Å². The molecule has 5 nitrogen and oxygen atoms in total. The predicted molar refractivity (Wildman–Crippen MR) is 55.4 cm³/mol. The average Bonchev–Trinajstić information content (AvgIpc) is 2.74. The molecule has 2 aromatic heterocycles.